The van der Waals surface area contributed by atoms with Crippen molar-refractivity contribution in [3.05, 3.63) is 54.1 Å². The number of benzene rings is 2. The lowest BCUT2D eigenvalue weighted by Crippen LogP contribution is -2.28. The first-order chi connectivity index (χ1) is 12.5. The maximum atomic E-state index is 12.5. The van der Waals surface area contributed by atoms with Gasteiger partial charge >= 0.3 is 0 Å². The van der Waals surface area contributed by atoms with Crippen LogP contribution in [0.25, 0.3) is 0 Å². The molecule has 6 heteroatoms. The number of ketones is 1. The van der Waals surface area contributed by atoms with E-state index in [4.69, 9.17) is 4.74 Å². The molecule has 0 spiro atoms. The summed E-state index contributed by atoms with van der Waals surface area (Å²) in [5.74, 6) is -0.115. The molecule has 2 aromatic rings. The standard InChI is InChI=1S/C20H20N2O4/c1-13(23)14-4-3-5-16(10-14)21-20(25)15-11-19(24)22(12-15)17-6-8-18(26-2)9-7-17/h3-10,15H,11-12H2,1-2H3,(H,21,25)/t15-/m0/s1. The zero-order chi connectivity index (χ0) is 18.7. The molecule has 26 heavy (non-hydrogen) atoms. The van der Waals surface area contributed by atoms with E-state index >= 15 is 0 Å². The number of amides is 2. The van der Waals surface area contributed by atoms with E-state index in [1.807, 2.05) is 0 Å². The lowest BCUT2D eigenvalue weighted by atomic mass is 10.1. The van der Waals surface area contributed by atoms with Crippen LogP contribution in [0.15, 0.2) is 48.5 Å². The van der Waals surface area contributed by atoms with Gasteiger partial charge in [-0.2, -0.15) is 0 Å². The van der Waals surface area contributed by atoms with Crippen molar-refractivity contribution in [3.63, 3.8) is 0 Å². The van der Waals surface area contributed by atoms with Gasteiger partial charge in [0.05, 0.1) is 13.0 Å². The Hall–Kier alpha value is -3.15. The molecule has 134 valence electrons. The van der Waals surface area contributed by atoms with Gasteiger partial charge in [-0.25, -0.2) is 0 Å². The number of nitrogens with one attached hydrogen (secondary N) is 1. The zero-order valence-electron chi connectivity index (χ0n) is 14.7. The Morgan fingerprint density at radius 2 is 1.88 bits per heavy atom. The van der Waals surface area contributed by atoms with Crippen LogP contribution >= 0.6 is 0 Å². The first-order valence-corrected chi connectivity index (χ1v) is 8.34. The van der Waals surface area contributed by atoms with E-state index in [0.29, 0.717) is 23.5 Å². The summed E-state index contributed by atoms with van der Waals surface area (Å²) in [5, 5.41) is 2.80. The molecule has 1 saturated heterocycles. The number of ether oxygens (including phenoxy) is 1. The highest BCUT2D eigenvalue weighted by Crippen LogP contribution is 2.27. The molecule has 3 rings (SSSR count). The van der Waals surface area contributed by atoms with Gasteiger partial charge in [-0.1, -0.05) is 12.1 Å². The topological polar surface area (TPSA) is 75.7 Å². The van der Waals surface area contributed by atoms with Crippen LogP contribution in [0.4, 0.5) is 11.4 Å². The molecular weight excluding hydrogens is 332 g/mol. The predicted octanol–water partition coefficient (Wildman–Crippen LogP) is 2.89. The fourth-order valence-corrected chi connectivity index (χ4v) is 2.96. The van der Waals surface area contributed by atoms with Gasteiger partial charge in [-0.3, -0.25) is 14.4 Å². The molecule has 2 amide bonds. The molecule has 0 aliphatic carbocycles. The van der Waals surface area contributed by atoms with Gasteiger partial charge in [0.1, 0.15) is 5.75 Å². The van der Waals surface area contributed by atoms with Crippen LogP contribution in [0.5, 0.6) is 5.75 Å². The Morgan fingerprint density at radius 3 is 2.54 bits per heavy atom. The third-order valence-electron chi connectivity index (χ3n) is 4.42. The quantitative estimate of drug-likeness (QED) is 0.840. The van der Waals surface area contributed by atoms with Crippen molar-refractivity contribution in [1.82, 2.24) is 0 Å². The summed E-state index contributed by atoms with van der Waals surface area (Å²) in [4.78, 5) is 37.9. The van der Waals surface area contributed by atoms with E-state index in [1.54, 1.807) is 60.5 Å². The van der Waals surface area contributed by atoms with Crippen molar-refractivity contribution in [1.29, 1.82) is 0 Å². The number of carbonyl (C=O) groups excluding carboxylic acids is 3. The highest BCUT2D eigenvalue weighted by Gasteiger charge is 2.35. The molecular formula is C20H20N2O4. The van der Waals surface area contributed by atoms with Crippen molar-refractivity contribution in [2.45, 2.75) is 13.3 Å². The summed E-state index contributed by atoms with van der Waals surface area (Å²) in [5.41, 5.74) is 1.83. The van der Waals surface area contributed by atoms with Gasteiger partial charge in [-0.05, 0) is 43.3 Å². The minimum atomic E-state index is -0.439. The third kappa shape index (κ3) is 3.74. The monoisotopic (exact) mass is 352 g/mol. The number of carbonyl (C=O) groups is 3. The van der Waals surface area contributed by atoms with E-state index in [2.05, 4.69) is 5.32 Å². The maximum Gasteiger partial charge on any atom is 0.229 e. The largest absolute Gasteiger partial charge is 0.497 e. The molecule has 1 heterocycles. The van der Waals surface area contributed by atoms with Gasteiger partial charge in [0.15, 0.2) is 5.78 Å². The fourth-order valence-electron chi connectivity index (χ4n) is 2.96. The van der Waals surface area contributed by atoms with Crippen LogP contribution in [-0.4, -0.2) is 31.3 Å². The van der Waals surface area contributed by atoms with Gasteiger partial charge in [-0.15, -0.1) is 0 Å². The molecule has 0 unspecified atom stereocenters. The fraction of sp³-hybridized carbons (Fsp3) is 0.250. The Kier molecular flexibility index (Phi) is 5.02. The molecule has 2 aromatic carbocycles. The summed E-state index contributed by atoms with van der Waals surface area (Å²) >= 11 is 0. The van der Waals surface area contributed by atoms with E-state index in [0.717, 1.165) is 5.69 Å². The molecule has 0 bridgehead atoms. The molecule has 0 radical (unpaired) electrons. The van der Waals surface area contributed by atoms with E-state index < -0.39 is 5.92 Å². The number of rotatable bonds is 5. The Labute approximate surface area is 151 Å². The Morgan fingerprint density at radius 1 is 1.15 bits per heavy atom. The van der Waals surface area contributed by atoms with Crippen LogP contribution in [0.2, 0.25) is 0 Å². The Balaban J connectivity index is 1.68. The zero-order valence-corrected chi connectivity index (χ0v) is 14.7. The molecule has 0 saturated carbocycles. The molecule has 1 aliphatic rings. The van der Waals surface area contributed by atoms with E-state index in [1.165, 1.54) is 6.92 Å². The highest BCUT2D eigenvalue weighted by atomic mass is 16.5. The van der Waals surface area contributed by atoms with Crippen LogP contribution in [0, 0.1) is 5.92 Å². The molecule has 0 aromatic heterocycles. The van der Waals surface area contributed by atoms with Crippen molar-refractivity contribution in [3.8, 4) is 5.75 Å². The predicted molar refractivity (Wildman–Crippen MR) is 98.5 cm³/mol. The normalized spacial score (nSPS) is 16.5. The lowest BCUT2D eigenvalue weighted by molar-refractivity contribution is -0.122. The second-order valence-corrected chi connectivity index (χ2v) is 6.23. The summed E-state index contributed by atoms with van der Waals surface area (Å²) in [6.45, 7) is 1.80. The van der Waals surface area contributed by atoms with Gasteiger partial charge in [0.25, 0.3) is 0 Å². The van der Waals surface area contributed by atoms with Gasteiger partial charge in [0.2, 0.25) is 11.8 Å². The number of nitrogens with zero attached hydrogens (tertiary/aromatic N) is 1. The number of hydrogen-bond donors (Lipinski definition) is 1. The van der Waals surface area contributed by atoms with Crippen molar-refractivity contribution < 1.29 is 19.1 Å². The summed E-state index contributed by atoms with van der Waals surface area (Å²) in [6, 6.07) is 13.9. The molecule has 1 atom stereocenters. The number of Topliss-reactive ketones (excluding diaryl/α,β-unsaturated/α-hetero) is 1. The second-order valence-electron chi connectivity index (χ2n) is 6.23. The first-order valence-electron chi connectivity index (χ1n) is 8.34. The average molecular weight is 352 g/mol. The lowest BCUT2D eigenvalue weighted by Gasteiger charge is -2.17. The molecule has 1 N–H and O–H groups in total. The summed E-state index contributed by atoms with van der Waals surface area (Å²) in [7, 11) is 1.58. The second kappa shape index (κ2) is 7.39. The van der Waals surface area contributed by atoms with Crippen LogP contribution in [0.1, 0.15) is 23.7 Å². The van der Waals surface area contributed by atoms with E-state index in [-0.39, 0.29) is 24.0 Å². The smallest absolute Gasteiger partial charge is 0.229 e. The van der Waals surface area contributed by atoms with Crippen LogP contribution in [-0.2, 0) is 9.59 Å². The van der Waals surface area contributed by atoms with E-state index in [9.17, 15) is 14.4 Å². The third-order valence-corrected chi connectivity index (χ3v) is 4.42. The van der Waals surface area contributed by atoms with Gasteiger partial charge < -0.3 is 15.0 Å². The van der Waals surface area contributed by atoms with Crippen LogP contribution < -0.4 is 15.0 Å². The van der Waals surface area contributed by atoms with Gasteiger partial charge in [0, 0.05) is 29.9 Å². The summed E-state index contributed by atoms with van der Waals surface area (Å²) in [6.07, 6.45) is 0.157. The summed E-state index contributed by atoms with van der Waals surface area (Å²) < 4.78 is 5.12. The average Bonchev–Trinajstić information content (AvgIpc) is 3.04. The number of anilines is 2. The molecule has 1 fully saturated rings. The minimum absolute atomic E-state index is 0.0668. The van der Waals surface area contributed by atoms with Crippen molar-refractivity contribution >= 4 is 29.0 Å². The molecule has 6 nitrogen and oxygen atoms in total. The highest BCUT2D eigenvalue weighted by molar-refractivity contribution is 6.04. The maximum absolute atomic E-state index is 12.5. The van der Waals surface area contributed by atoms with Crippen molar-refractivity contribution in [2.24, 2.45) is 5.92 Å². The van der Waals surface area contributed by atoms with Crippen LogP contribution in [0.3, 0.4) is 0 Å². The minimum Gasteiger partial charge on any atom is -0.497 e. The first kappa shape index (κ1) is 17.7. The number of methoxy groups -OCH3 is 1. The molecule has 1 aliphatic heterocycles. The van der Waals surface area contributed by atoms with Crippen molar-refractivity contribution in [2.75, 3.05) is 23.9 Å². The SMILES string of the molecule is COc1ccc(N2C[C@@H](C(=O)Nc3cccc(C(C)=O)c3)CC2=O)cc1. The number of hydrogen-bond acceptors (Lipinski definition) is 4. The Bertz CT molecular complexity index is 845.